The highest BCUT2D eigenvalue weighted by atomic mass is 79.9. The molecule has 0 amide bonds. The molecule has 0 saturated heterocycles. The molecule has 0 radical (unpaired) electrons. The van der Waals surface area contributed by atoms with Crippen LogP contribution in [0, 0.1) is 5.41 Å². The summed E-state index contributed by atoms with van der Waals surface area (Å²) in [6, 6.07) is 25.5. The van der Waals surface area contributed by atoms with E-state index in [2.05, 4.69) is 15.9 Å². The summed E-state index contributed by atoms with van der Waals surface area (Å²) in [7, 11) is 3.27. The molecule has 2 unspecified atom stereocenters. The summed E-state index contributed by atoms with van der Waals surface area (Å²) in [4.78, 5) is 0. The highest BCUT2D eigenvalue weighted by Gasteiger charge is 2.51. The van der Waals surface area contributed by atoms with Crippen molar-refractivity contribution in [3.05, 3.63) is 95.6 Å². The number of hydrogen-bond donors (Lipinski definition) is 2. The van der Waals surface area contributed by atoms with E-state index >= 15 is 0 Å². The minimum atomic E-state index is -1.03. The number of ether oxygens (including phenoxy) is 3. The van der Waals surface area contributed by atoms with Crippen LogP contribution in [-0.4, -0.2) is 55.7 Å². The molecule has 3 rings (SSSR count). The predicted octanol–water partition coefficient (Wildman–Crippen LogP) is 6.37. The van der Waals surface area contributed by atoms with Crippen molar-refractivity contribution in [1.82, 2.24) is 0 Å². The Morgan fingerprint density at radius 2 is 1.24 bits per heavy atom. The summed E-state index contributed by atoms with van der Waals surface area (Å²) in [5, 5.41) is 24.2. The van der Waals surface area contributed by atoms with Gasteiger partial charge < -0.3 is 24.4 Å². The maximum Gasteiger partial charge on any atom is 0.118 e. The van der Waals surface area contributed by atoms with Gasteiger partial charge in [0.1, 0.15) is 11.5 Å². The monoisotopic (exact) mass is 584 g/mol. The van der Waals surface area contributed by atoms with E-state index < -0.39 is 16.9 Å². The van der Waals surface area contributed by atoms with Crippen LogP contribution < -0.4 is 9.47 Å². The molecule has 2 atom stereocenters. The first kappa shape index (κ1) is 30.2. The average molecular weight is 586 g/mol. The van der Waals surface area contributed by atoms with Crippen molar-refractivity contribution in [2.75, 3.05) is 39.4 Å². The van der Waals surface area contributed by atoms with Crippen LogP contribution in [0.25, 0.3) is 0 Å². The van der Waals surface area contributed by atoms with Crippen LogP contribution in [0.2, 0.25) is 0 Å². The van der Waals surface area contributed by atoms with Crippen molar-refractivity contribution >= 4 is 15.9 Å². The third-order valence-corrected chi connectivity index (χ3v) is 7.92. The topological polar surface area (TPSA) is 68.2 Å². The number of unbranched alkanes of at least 4 members (excludes halogenated alkanes) is 3. The third kappa shape index (κ3) is 6.78. The molecular weight excluding hydrogens is 544 g/mol. The van der Waals surface area contributed by atoms with E-state index in [1.54, 1.807) is 14.2 Å². The number of hydrogen-bond acceptors (Lipinski definition) is 5. The number of rotatable bonds is 16. The van der Waals surface area contributed by atoms with Gasteiger partial charge in [0.05, 0.1) is 39.0 Å². The summed E-state index contributed by atoms with van der Waals surface area (Å²) >= 11 is 3.47. The number of aliphatic hydroxyl groups excluding tert-OH is 2. The van der Waals surface area contributed by atoms with Gasteiger partial charge in [-0.3, -0.25) is 0 Å². The molecule has 0 fully saturated rings. The molecule has 3 aromatic carbocycles. The quantitative estimate of drug-likeness (QED) is 0.116. The second-order valence-corrected chi connectivity index (χ2v) is 10.8. The van der Waals surface area contributed by atoms with Crippen LogP contribution in [0.5, 0.6) is 11.5 Å². The normalized spacial score (nSPS) is 14.1. The summed E-state index contributed by atoms with van der Waals surface area (Å²) in [6.45, 7) is 2.48. The Kier molecular flexibility index (Phi) is 11.7. The van der Waals surface area contributed by atoms with E-state index in [4.69, 9.17) is 14.2 Å². The van der Waals surface area contributed by atoms with E-state index in [1.165, 1.54) is 0 Å². The lowest BCUT2D eigenvalue weighted by Gasteiger charge is -2.47. The Balaban J connectivity index is 2.10. The van der Waals surface area contributed by atoms with Gasteiger partial charge in [-0.2, -0.15) is 0 Å². The predicted molar refractivity (Wildman–Crippen MR) is 157 cm³/mol. The van der Waals surface area contributed by atoms with Crippen LogP contribution in [-0.2, 0) is 10.2 Å². The van der Waals surface area contributed by atoms with E-state index in [1.807, 2.05) is 85.8 Å². The third-order valence-electron chi connectivity index (χ3n) is 7.36. The number of halogens is 1. The smallest absolute Gasteiger partial charge is 0.118 e. The lowest BCUT2D eigenvalue weighted by Crippen LogP contribution is -2.54. The summed E-state index contributed by atoms with van der Waals surface area (Å²) in [6.07, 6.45) is 3.32. The fraction of sp³-hybridized carbons (Fsp3) is 0.438. The van der Waals surface area contributed by atoms with Crippen molar-refractivity contribution in [3.8, 4) is 11.5 Å². The fourth-order valence-corrected chi connectivity index (χ4v) is 5.47. The molecule has 0 heterocycles. The lowest BCUT2D eigenvalue weighted by atomic mass is 9.59. The van der Waals surface area contributed by atoms with E-state index in [-0.39, 0.29) is 13.2 Å². The average Bonchev–Trinajstić information content (AvgIpc) is 2.98. The fourth-order valence-electron chi connectivity index (χ4n) is 5.07. The maximum atomic E-state index is 12.5. The van der Waals surface area contributed by atoms with Gasteiger partial charge in [-0.15, -0.1) is 0 Å². The van der Waals surface area contributed by atoms with E-state index in [0.29, 0.717) is 6.61 Å². The van der Waals surface area contributed by atoms with Crippen molar-refractivity contribution in [3.63, 3.8) is 0 Å². The van der Waals surface area contributed by atoms with Gasteiger partial charge in [-0.25, -0.2) is 0 Å². The zero-order valence-corrected chi connectivity index (χ0v) is 24.3. The molecule has 38 heavy (non-hydrogen) atoms. The van der Waals surface area contributed by atoms with E-state index in [9.17, 15) is 10.2 Å². The Hall–Kier alpha value is -2.38. The van der Waals surface area contributed by atoms with Gasteiger partial charge in [0, 0.05) is 17.4 Å². The van der Waals surface area contributed by atoms with Crippen molar-refractivity contribution in [2.45, 2.75) is 44.1 Å². The standard InChI is InChI=1S/C32H41BrO5/c1-31(23-34,24-38-22-10-5-4-9-21-33)30(35)32(25-11-7-6-8-12-25,26-13-17-28(36-2)18-14-26)27-15-19-29(37-3)20-16-27/h6-8,11-20,30,34-35H,4-5,9-10,21-24H2,1-3H3. The Morgan fingerprint density at radius 1 is 0.737 bits per heavy atom. The molecule has 3 aromatic rings. The van der Waals surface area contributed by atoms with Gasteiger partial charge in [-0.05, 0) is 53.8 Å². The summed E-state index contributed by atoms with van der Waals surface area (Å²) in [5.74, 6) is 1.46. The minimum absolute atomic E-state index is 0.226. The number of methoxy groups -OCH3 is 2. The molecular formula is C32H41BrO5. The van der Waals surface area contributed by atoms with Gasteiger partial charge in [0.15, 0.2) is 0 Å². The second-order valence-electron chi connectivity index (χ2n) is 10.0. The maximum absolute atomic E-state index is 12.5. The minimum Gasteiger partial charge on any atom is -0.497 e. The van der Waals surface area contributed by atoms with Crippen LogP contribution in [0.3, 0.4) is 0 Å². The summed E-state index contributed by atoms with van der Waals surface area (Å²) in [5.41, 5.74) is 0.729. The van der Waals surface area contributed by atoms with Gasteiger partial charge in [0.2, 0.25) is 0 Å². The van der Waals surface area contributed by atoms with Crippen LogP contribution in [0.4, 0.5) is 0 Å². The SMILES string of the molecule is COc1ccc(C(c2ccccc2)(c2ccc(OC)cc2)C(O)C(C)(CO)COCCCCCCBr)cc1. The highest BCUT2D eigenvalue weighted by molar-refractivity contribution is 9.09. The Bertz CT molecular complexity index is 1020. The first-order valence-electron chi connectivity index (χ1n) is 13.2. The number of benzene rings is 3. The highest BCUT2D eigenvalue weighted by Crippen LogP contribution is 2.48. The second kappa shape index (κ2) is 14.7. The molecule has 0 aliphatic rings. The zero-order chi connectivity index (χ0) is 27.4. The van der Waals surface area contributed by atoms with Crippen LogP contribution in [0.1, 0.15) is 49.3 Å². The molecule has 0 aromatic heterocycles. The van der Waals surface area contributed by atoms with Crippen molar-refractivity contribution in [2.24, 2.45) is 5.41 Å². The molecule has 0 aliphatic heterocycles. The van der Waals surface area contributed by atoms with Crippen molar-refractivity contribution < 1.29 is 24.4 Å². The molecule has 0 spiro atoms. The summed E-state index contributed by atoms with van der Waals surface area (Å²) < 4.78 is 17.0. The largest absolute Gasteiger partial charge is 0.497 e. The molecule has 206 valence electrons. The first-order valence-corrected chi connectivity index (χ1v) is 14.4. The molecule has 0 saturated carbocycles. The number of alkyl halides is 1. The lowest BCUT2D eigenvalue weighted by molar-refractivity contribution is -0.0825. The molecule has 0 bridgehead atoms. The van der Waals surface area contributed by atoms with Crippen LogP contribution >= 0.6 is 15.9 Å². The van der Waals surface area contributed by atoms with Crippen LogP contribution in [0.15, 0.2) is 78.9 Å². The molecule has 0 aliphatic carbocycles. The number of aliphatic hydroxyl groups is 2. The van der Waals surface area contributed by atoms with Gasteiger partial charge in [-0.1, -0.05) is 90.3 Å². The first-order chi connectivity index (χ1) is 18.5. The zero-order valence-electron chi connectivity index (χ0n) is 22.7. The molecule has 2 N–H and O–H groups in total. The molecule has 6 heteroatoms. The van der Waals surface area contributed by atoms with Crippen molar-refractivity contribution in [1.29, 1.82) is 0 Å². The Labute approximate surface area is 235 Å². The molecule has 5 nitrogen and oxygen atoms in total. The Morgan fingerprint density at radius 3 is 1.71 bits per heavy atom. The van der Waals surface area contributed by atoms with Gasteiger partial charge >= 0.3 is 0 Å². The van der Waals surface area contributed by atoms with Gasteiger partial charge in [0.25, 0.3) is 0 Å². The van der Waals surface area contributed by atoms with E-state index in [0.717, 1.165) is 59.2 Å².